The molecule has 1 aliphatic rings. The third-order valence-electron chi connectivity index (χ3n) is 6.90. The molecule has 1 aliphatic heterocycles. The maximum Gasteiger partial charge on any atom is 0.148 e. The fourth-order valence-electron chi connectivity index (χ4n) is 4.82. The van der Waals surface area contributed by atoms with Gasteiger partial charge in [-0.1, -0.05) is 38.6 Å². The fraction of sp³-hybridized carbons (Fsp3) is 0.333. The molecule has 194 valence electrons. The number of amidine groups is 1. The average molecular weight is 498 g/mol. The van der Waals surface area contributed by atoms with E-state index in [4.69, 9.17) is 5.73 Å². The second-order valence-corrected chi connectivity index (χ2v) is 9.36. The van der Waals surface area contributed by atoms with Crippen LogP contribution in [0.15, 0.2) is 83.0 Å². The van der Waals surface area contributed by atoms with Crippen LogP contribution in [0.3, 0.4) is 0 Å². The van der Waals surface area contributed by atoms with Crippen LogP contribution in [0.4, 0.5) is 17.1 Å². The van der Waals surface area contributed by atoms with Crippen molar-refractivity contribution in [3.63, 3.8) is 0 Å². The van der Waals surface area contributed by atoms with Crippen molar-refractivity contribution in [3.8, 4) is 0 Å². The maximum atomic E-state index is 6.53. The standard InChI is InChI=1S/C30H39N7/c1-5-27(6-2)37-22(3)24(20-29(37)30(31)35-25-10-8-7-9-11-25)21-33-23(4)34-26-12-14-28(15-13-26)36-18-16-32-17-19-36/h7-15,20-21,27,32,34H,4-6,16-19H2,1-3H3,(H2,31,35). The van der Waals surface area contributed by atoms with Crippen LogP contribution in [0.2, 0.25) is 0 Å². The maximum absolute atomic E-state index is 6.53. The van der Waals surface area contributed by atoms with Crippen molar-refractivity contribution in [1.29, 1.82) is 0 Å². The molecule has 7 heteroatoms. The third kappa shape index (κ3) is 6.49. The van der Waals surface area contributed by atoms with Gasteiger partial charge in [0.15, 0.2) is 0 Å². The Bertz CT molecular complexity index is 1230. The van der Waals surface area contributed by atoms with Crippen LogP contribution in [0.5, 0.6) is 0 Å². The molecule has 0 saturated carbocycles. The van der Waals surface area contributed by atoms with E-state index in [-0.39, 0.29) is 0 Å². The van der Waals surface area contributed by atoms with Gasteiger partial charge in [-0.25, -0.2) is 9.98 Å². The molecule has 0 radical (unpaired) electrons. The number of aromatic nitrogens is 1. The summed E-state index contributed by atoms with van der Waals surface area (Å²) in [5.41, 5.74) is 12.6. The molecule has 4 rings (SSSR count). The lowest BCUT2D eigenvalue weighted by Crippen LogP contribution is -2.43. The summed E-state index contributed by atoms with van der Waals surface area (Å²) in [7, 11) is 0. The van der Waals surface area contributed by atoms with Crippen molar-refractivity contribution in [1.82, 2.24) is 9.88 Å². The normalized spacial score (nSPS) is 14.5. The summed E-state index contributed by atoms with van der Waals surface area (Å²) in [5, 5.41) is 6.70. The topological polar surface area (TPSA) is 83.0 Å². The minimum Gasteiger partial charge on any atom is -0.382 e. The van der Waals surface area contributed by atoms with Crippen LogP contribution in [0.1, 0.15) is 49.7 Å². The number of benzene rings is 2. The Hall–Kier alpha value is -3.84. The van der Waals surface area contributed by atoms with E-state index in [1.54, 1.807) is 0 Å². The van der Waals surface area contributed by atoms with Gasteiger partial charge in [-0.3, -0.25) is 0 Å². The molecule has 4 N–H and O–H groups in total. The molecule has 1 aromatic heterocycles. The molecule has 0 unspecified atom stereocenters. The molecule has 0 bridgehead atoms. The van der Waals surface area contributed by atoms with Crippen LogP contribution in [-0.4, -0.2) is 42.8 Å². The summed E-state index contributed by atoms with van der Waals surface area (Å²) in [4.78, 5) is 11.7. The molecule has 7 nitrogen and oxygen atoms in total. The third-order valence-corrected chi connectivity index (χ3v) is 6.90. The summed E-state index contributed by atoms with van der Waals surface area (Å²) in [6, 6.07) is 20.7. The number of hydrogen-bond acceptors (Lipinski definition) is 5. The highest BCUT2D eigenvalue weighted by molar-refractivity contribution is 6.00. The molecular formula is C30H39N7. The number of hydrogen-bond donors (Lipinski definition) is 3. The highest BCUT2D eigenvalue weighted by Crippen LogP contribution is 2.26. The zero-order valence-corrected chi connectivity index (χ0v) is 22.2. The Morgan fingerprint density at radius 3 is 2.41 bits per heavy atom. The van der Waals surface area contributed by atoms with E-state index in [0.29, 0.717) is 17.7 Å². The molecule has 0 atom stereocenters. The first-order valence-electron chi connectivity index (χ1n) is 13.2. The van der Waals surface area contributed by atoms with Gasteiger partial charge in [0.05, 0.1) is 11.4 Å². The summed E-state index contributed by atoms with van der Waals surface area (Å²) < 4.78 is 2.30. The molecule has 2 aromatic carbocycles. The van der Waals surface area contributed by atoms with Gasteiger partial charge in [-0.05, 0) is 62.2 Å². The molecule has 0 aliphatic carbocycles. The largest absolute Gasteiger partial charge is 0.382 e. The van der Waals surface area contributed by atoms with Gasteiger partial charge in [0.2, 0.25) is 0 Å². The van der Waals surface area contributed by atoms with E-state index in [1.807, 2.05) is 36.5 Å². The Kier molecular flexibility index (Phi) is 8.80. The van der Waals surface area contributed by atoms with Crippen LogP contribution in [0, 0.1) is 6.92 Å². The van der Waals surface area contributed by atoms with E-state index in [2.05, 4.69) is 87.8 Å². The van der Waals surface area contributed by atoms with Crippen molar-refractivity contribution in [2.24, 2.45) is 15.7 Å². The Balaban J connectivity index is 1.52. The van der Waals surface area contributed by atoms with Crippen LogP contribution in [-0.2, 0) is 0 Å². The first-order valence-corrected chi connectivity index (χ1v) is 13.2. The lowest BCUT2D eigenvalue weighted by molar-refractivity contribution is 0.462. The summed E-state index contributed by atoms with van der Waals surface area (Å²) >= 11 is 0. The average Bonchev–Trinajstić information content (AvgIpc) is 3.26. The molecule has 1 fully saturated rings. The van der Waals surface area contributed by atoms with Crippen molar-refractivity contribution < 1.29 is 0 Å². The van der Waals surface area contributed by atoms with E-state index in [0.717, 1.165) is 67.3 Å². The van der Waals surface area contributed by atoms with Gasteiger partial charge < -0.3 is 25.8 Å². The van der Waals surface area contributed by atoms with Gasteiger partial charge in [0.25, 0.3) is 0 Å². The Labute approximate surface area is 220 Å². The first-order chi connectivity index (χ1) is 18.0. The van der Waals surface area contributed by atoms with Crippen molar-refractivity contribution in [2.75, 3.05) is 36.4 Å². The Morgan fingerprint density at radius 2 is 1.76 bits per heavy atom. The number of nitrogens with two attached hydrogens (primary N) is 1. The minimum atomic E-state index is 0.331. The van der Waals surface area contributed by atoms with Crippen LogP contribution < -0.4 is 21.3 Å². The monoisotopic (exact) mass is 497 g/mol. The molecule has 37 heavy (non-hydrogen) atoms. The summed E-state index contributed by atoms with van der Waals surface area (Å²) in [6.45, 7) is 14.7. The zero-order valence-electron chi connectivity index (χ0n) is 22.2. The van der Waals surface area contributed by atoms with Gasteiger partial charge in [0.1, 0.15) is 11.7 Å². The predicted octanol–water partition coefficient (Wildman–Crippen LogP) is 5.61. The van der Waals surface area contributed by atoms with Crippen molar-refractivity contribution in [3.05, 3.63) is 90.0 Å². The lowest BCUT2D eigenvalue weighted by Gasteiger charge is -2.29. The molecule has 3 aromatic rings. The minimum absolute atomic E-state index is 0.331. The fourth-order valence-corrected chi connectivity index (χ4v) is 4.82. The molecule has 0 spiro atoms. The van der Waals surface area contributed by atoms with Crippen molar-refractivity contribution >= 4 is 29.1 Å². The van der Waals surface area contributed by atoms with E-state index in [9.17, 15) is 0 Å². The van der Waals surface area contributed by atoms with E-state index < -0.39 is 0 Å². The highest BCUT2D eigenvalue weighted by atomic mass is 15.2. The van der Waals surface area contributed by atoms with E-state index >= 15 is 0 Å². The number of nitrogens with zero attached hydrogens (tertiary/aromatic N) is 4. The number of piperazine rings is 1. The Morgan fingerprint density at radius 1 is 1.08 bits per heavy atom. The van der Waals surface area contributed by atoms with Crippen LogP contribution in [0.25, 0.3) is 0 Å². The number of rotatable bonds is 10. The molecule has 2 heterocycles. The second-order valence-electron chi connectivity index (χ2n) is 9.36. The SMILES string of the molecule is C=C(N=Cc1cc(C(N)=Nc2ccccc2)n(C(CC)CC)c1C)Nc1ccc(N2CCNCC2)cc1. The van der Waals surface area contributed by atoms with Gasteiger partial charge in [-0.2, -0.15) is 0 Å². The molecule has 0 amide bonds. The smallest absolute Gasteiger partial charge is 0.148 e. The summed E-state index contributed by atoms with van der Waals surface area (Å²) in [6.07, 6.45) is 3.87. The van der Waals surface area contributed by atoms with Crippen molar-refractivity contribution in [2.45, 2.75) is 39.7 Å². The lowest BCUT2D eigenvalue weighted by atomic mass is 10.1. The quantitative estimate of drug-likeness (QED) is 0.251. The second kappa shape index (κ2) is 12.4. The summed E-state index contributed by atoms with van der Waals surface area (Å²) in [5.74, 6) is 1.08. The number of nitrogens with one attached hydrogen (secondary N) is 2. The van der Waals surface area contributed by atoms with Gasteiger partial charge in [-0.15, -0.1) is 0 Å². The predicted molar refractivity (Wildman–Crippen MR) is 157 cm³/mol. The molecule has 1 saturated heterocycles. The zero-order chi connectivity index (χ0) is 26.2. The molecular weight excluding hydrogens is 458 g/mol. The van der Waals surface area contributed by atoms with E-state index in [1.165, 1.54) is 5.69 Å². The van der Waals surface area contributed by atoms with Gasteiger partial charge >= 0.3 is 0 Å². The first kappa shape index (κ1) is 26.2. The van der Waals surface area contributed by atoms with Gasteiger partial charge in [0, 0.05) is 61.1 Å². The highest BCUT2D eigenvalue weighted by Gasteiger charge is 2.19. The number of aliphatic imine (C=N–C) groups is 2. The van der Waals surface area contributed by atoms with Crippen LogP contribution >= 0.6 is 0 Å². The number of anilines is 2. The number of para-hydroxylation sites is 1.